The van der Waals surface area contributed by atoms with Crippen LogP contribution in [0.2, 0.25) is 0 Å². The second-order valence-corrected chi connectivity index (χ2v) is 9.89. The van der Waals surface area contributed by atoms with E-state index in [1.54, 1.807) is 17.8 Å². The Bertz CT molecular complexity index is 1330. The number of anilines is 1. The molecule has 182 valence electrons. The summed E-state index contributed by atoms with van der Waals surface area (Å²) in [5, 5.41) is 18.3. The fraction of sp³-hybridized carbons (Fsp3) is 0.208. The van der Waals surface area contributed by atoms with Crippen molar-refractivity contribution in [2.75, 3.05) is 12.0 Å². The molecule has 0 unspecified atom stereocenters. The molecule has 0 saturated carbocycles. The molecule has 35 heavy (non-hydrogen) atoms. The average molecular weight is 516 g/mol. The minimum atomic E-state index is -1.97. The summed E-state index contributed by atoms with van der Waals surface area (Å²) < 4.78 is 29.6. The number of nitrogens with one attached hydrogen (secondary N) is 1. The summed E-state index contributed by atoms with van der Waals surface area (Å²) in [6, 6.07) is 11.5. The summed E-state index contributed by atoms with van der Waals surface area (Å²) >= 11 is 2.85. The summed E-state index contributed by atoms with van der Waals surface area (Å²) in [6.07, 6.45) is 4.61. The Kier molecular flexibility index (Phi) is 7.20. The standard InChI is InChI=1S/C24H23F2N5O2S2/c1-14(24(33,11-31-13-28-12-29-31)18-8-5-16(25)9-19(18)26)30-23(32)22-20(27)10-21(35-22)15-3-6-17(34-2)7-4-15/h3-10,12-14,33H,11,27H2,1-2H3,(H,30,32)/t14-,24-/m1/s1. The highest BCUT2D eigenvalue weighted by Crippen LogP contribution is 2.35. The number of nitrogens with zero attached hydrogens (tertiary/aromatic N) is 3. The zero-order valence-corrected chi connectivity index (χ0v) is 20.5. The number of hydrogen-bond acceptors (Lipinski definition) is 7. The monoisotopic (exact) mass is 515 g/mol. The molecule has 2 aromatic heterocycles. The molecule has 0 bridgehead atoms. The fourth-order valence-corrected chi connectivity index (χ4v) is 5.12. The maximum absolute atomic E-state index is 14.7. The Morgan fingerprint density at radius 3 is 2.63 bits per heavy atom. The first-order chi connectivity index (χ1) is 16.7. The van der Waals surface area contributed by atoms with E-state index in [0.29, 0.717) is 6.07 Å². The van der Waals surface area contributed by atoms with E-state index < -0.39 is 29.2 Å². The quantitative estimate of drug-likeness (QED) is 0.302. The van der Waals surface area contributed by atoms with Crippen molar-refractivity contribution in [2.24, 2.45) is 0 Å². The molecule has 0 spiro atoms. The van der Waals surface area contributed by atoms with Crippen molar-refractivity contribution in [3.8, 4) is 10.4 Å². The van der Waals surface area contributed by atoms with Gasteiger partial charge in [0.2, 0.25) is 0 Å². The first kappa shape index (κ1) is 24.8. The zero-order valence-electron chi connectivity index (χ0n) is 18.9. The van der Waals surface area contributed by atoms with Gasteiger partial charge in [-0.1, -0.05) is 18.2 Å². The minimum absolute atomic E-state index is 0.184. The van der Waals surface area contributed by atoms with Gasteiger partial charge in [0.15, 0.2) is 0 Å². The third kappa shape index (κ3) is 5.21. The Morgan fingerprint density at radius 2 is 2.00 bits per heavy atom. The van der Waals surface area contributed by atoms with Gasteiger partial charge in [-0.15, -0.1) is 23.1 Å². The second-order valence-electron chi connectivity index (χ2n) is 7.96. The Hall–Kier alpha value is -3.28. The molecule has 4 N–H and O–H groups in total. The number of halogens is 2. The van der Waals surface area contributed by atoms with E-state index in [9.17, 15) is 18.7 Å². The van der Waals surface area contributed by atoms with E-state index in [2.05, 4.69) is 15.4 Å². The highest BCUT2D eigenvalue weighted by molar-refractivity contribution is 7.98. The predicted molar refractivity (Wildman–Crippen MR) is 133 cm³/mol. The molecule has 0 saturated heterocycles. The molecular weight excluding hydrogens is 492 g/mol. The number of amides is 1. The second kappa shape index (κ2) is 10.1. The van der Waals surface area contributed by atoms with Crippen LogP contribution < -0.4 is 11.1 Å². The van der Waals surface area contributed by atoms with Crippen molar-refractivity contribution < 1.29 is 18.7 Å². The van der Waals surface area contributed by atoms with Crippen LogP contribution in [-0.2, 0) is 12.1 Å². The van der Waals surface area contributed by atoms with Crippen molar-refractivity contribution in [1.29, 1.82) is 0 Å². The number of thiophene rings is 1. The molecule has 4 aromatic rings. The van der Waals surface area contributed by atoms with Crippen molar-refractivity contribution >= 4 is 34.7 Å². The third-order valence-corrected chi connectivity index (χ3v) is 7.61. The number of aromatic nitrogens is 3. The number of carbonyl (C=O) groups is 1. The molecule has 0 fully saturated rings. The summed E-state index contributed by atoms with van der Waals surface area (Å²) in [4.78, 5) is 19.2. The van der Waals surface area contributed by atoms with Crippen molar-refractivity contribution in [1.82, 2.24) is 20.1 Å². The van der Waals surface area contributed by atoms with Gasteiger partial charge in [-0.2, -0.15) is 5.10 Å². The molecule has 7 nitrogen and oxygen atoms in total. The predicted octanol–water partition coefficient (Wildman–Crippen LogP) is 4.30. The van der Waals surface area contributed by atoms with Gasteiger partial charge in [-0.05, 0) is 43.0 Å². The number of aliphatic hydroxyl groups is 1. The average Bonchev–Trinajstić information content (AvgIpc) is 3.48. The molecule has 4 rings (SSSR count). The van der Waals surface area contributed by atoms with Gasteiger partial charge in [0.1, 0.15) is 34.8 Å². The van der Waals surface area contributed by atoms with Crippen molar-refractivity contribution in [3.05, 3.63) is 83.3 Å². The Morgan fingerprint density at radius 1 is 1.26 bits per heavy atom. The van der Waals surface area contributed by atoms with Crippen LogP contribution in [0.25, 0.3) is 10.4 Å². The first-order valence-corrected chi connectivity index (χ1v) is 12.6. The molecule has 0 aliphatic carbocycles. The van der Waals surface area contributed by atoms with Gasteiger partial charge in [-0.25, -0.2) is 18.4 Å². The largest absolute Gasteiger partial charge is 0.397 e. The van der Waals surface area contributed by atoms with E-state index in [1.165, 1.54) is 35.6 Å². The number of nitrogen functional groups attached to an aromatic ring is 1. The molecule has 2 aromatic carbocycles. The number of carbonyl (C=O) groups excluding carboxylic acids is 1. The highest BCUT2D eigenvalue weighted by atomic mass is 32.2. The van der Waals surface area contributed by atoms with Gasteiger partial charge >= 0.3 is 0 Å². The van der Waals surface area contributed by atoms with E-state index in [-0.39, 0.29) is 22.7 Å². The summed E-state index contributed by atoms with van der Waals surface area (Å²) in [5.41, 5.74) is 5.20. The molecule has 0 aliphatic heterocycles. The number of benzene rings is 2. The lowest BCUT2D eigenvalue weighted by Gasteiger charge is -2.35. The lowest BCUT2D eigenvalue weighted by atomic mass is 9.86. The van der Waals surface area contributed by atoms with Crippen molar-refractivity contribution in [3.63, 3.8) is 0 Å². The molecular formula is C24H23F2N5O2S2. The van der Waals surface area contributed by atoms with Crippen LogP contribution in [0.4, 0.5) is 14.5 Å². The van der Waals surface area contributed by atoms with Crippen LogP contribution in [0, 0.1) is 11.6 Å². The smallest absolute Gasteiger partial charge is 0.263 e. The third-order valence-electron chi connectivity index (χ3n) is 5.67. The summed E-state index contributed by atoms with van der Waals surface area (Å²) in [7, 11) is 0. The molecule has 11 heteroatoms. The van der Waals surface area contributed by atoms with Crippen LogP contribution in [-0.4, -0.2) is 38.1 Å². The van der Waals surface area contributed by atoms with E-state index in [4.69, 9.17) is 5.73 Å². The van der Waals surface area contributed by atoms with Crippen LogP contribution in [0.1, 0.15) is 22.2 Å². The number of rotatable bonds is 8. The number of hydrogen-bond donors (Lipinski definition) is 3. The number of thioether (sulfide) groups is 1. The minimum Gasteiger partial charge on any atom is -0.397 e. The van der Waals surface area contributed by atoms with Gasteiger partial charge in [0.25, 0.3) is 5.91 Å². The zero-order chi connectivity index (χ0) is 25.2. The highest BCUT2D eigenvalue weighted by Gasteiger charge is 2.40. The molecule has 2 heterocycles. The number of nitrogens with two attached hydrogens (primary N) is 1. The van der Waals surface area contributed by atoms with Gasteiger partial charge in [-0.3, -0.25) is 4.79 Å². The first-order valence-electron chi connectivity index (χ1n) is 10.6. The lowest BCUT2D eigenvalue weighted by Crippen LogP contribution is -2.51. The van der Waals surface area contributed by atoms with Crippen LogP contribution in [0.5, 0.6) is 0 Å². The molecule has 0 aliphatic rings. The van der Waals surface area contributed by atoms with Gasteiger partial charge in [0.05, 0.1) is 18.3 Å². The summed E-state index contributed by atoms with van der Waals surface area (Å²) in [5.74, 6) is -2.25. The SMILES string of the molecule is CSc1ccc(-c2cc(N)c(C(=O)N[C@H](C)[C@](O)(Cn3cncn3)c3ccc(F)cc3F)s2)cc1. The van der Waals surface area contributed by atoms with E-state index >= 15 is 0 Å². The Balaban J connectivity index is 1.62. The summed E-state index contributed by atoms with van der Waals surface area (Å²) in [6.45, 7) is 1.30. The normalized spacial score (nSPS) is 13.9. The Labute approximate surface area is 209 Å². The van der Waals surface area contributed by atoms with Gasteiger partial charge in [0, 0.05) is 21.4 Å². The topological polar surface area (TPSA) is 106 Å². The lowest BCUT2D eigenvalue weighted by molar-refractivity contribution is -0.0185. The molecule has 1 amide bonds. The van der Waals surface area contributed by atoms with E-state index in [0.717, 1.165) is 27.5 Å². The van der Waals surface area contributed by atoms with Crippen LogP contribution in [0.15, 0.2) is 66.1 Å². The fourth-order valence-electron chi connectivity index (χ4n) is 3.72. The van der Waals surface area contributed by atoms with E-state index in [1.807, 2.05) is 30.5 Å². The maximum atomic E-state index is 14.7. The molecule has 2 atom stereocenters. The van der Waals surface area contributed by atoms with Crippen LogP contribution >= 0.6 is 23.1 Å². The maximum Gasteiger partial charge on any atom is 0.263 e. The molecule has 0 radical (unpaired) electrons. The van der Waals surface area contributed by atoms with Crippen LogP contribution in [0.3, 0.4) is 0 Å². The van der Waals surface area contributed by atoms with Gasteiger partial charge < -0.3 is 16.2 Å². The van der Waals surface area contributed by atoms with Crippen molar-refractivity contribution in [2.45, 2.75) is 30.0 Å².